The highest BCUT2D eigenvalue weighted by atomic mass is 16.5. The Balaban J connectivity index is 2.09. The second-order valence-corrected chi connectivity index (χ2v) is 5.89. The van der Waals surface area contributed by atoms with Crippen LogP contribution in [0.5, 0.6) is 5.75 Å². The van der Waals surface area contributed by atoms with Crippen molar-refractivity contribution in [3.8, 4) is 5.75 Å². The van der Waals surface area contributed by atoms with Crippen molar-refractivity contribution in [1.82, 2.24) is 4.90 Å². The first-order valence-corrected chi connectivity index (χ1v) is 7.45. The average molecular weight is 276 g/mol. The number of morpholine rings is 1. The minimum Gasteiger partial charge on any atom is -0.493 e. The van der Waals surface area contributed by atoms with Crippen LogP contribution in [-0.2, 0) is 10.3 Å². The van der Waals surface area contributed by atoms with E-state index in [0.717, 1.165) is 45.1 Å². The summed E-state index contributed by atoms with van der Waals surface area (Å²) in [6.45, 7) is 9.15. The van der Waals surface area contributed by atoms with Crippen molar-refractivity contribution in [2.75, 3.05) is 39.5 Å². The van der Waals surface area contributed by atoms with Crippen LogP contribution in [0, 0.1) is 13.8 Å². The van der Waals surface area contributed by atoms with E-state index in [0.29, 0.717) is 6.54 Å². The maximum absolute atomic E-state index is 6.25. The average Bonchev–Trinajstić information content (AvgIpc) is 2.47. The highest BCUT2D eigenvalue weighted by Gasteiger charge is 2.43. The molecule has 1 aromatic carbocycles. The molecular formula is C16H24N2O2. The van der Waals surface area contributed by atoms with Crippen molar-refractivity contribution < 1.29 is 9.47 Å². The van der Waals surface area contributed by atoms with Crippen molar-refractivity contribution in [3.63, 3.8) is 0 Å². The molecule has 1 saturated heterocycles. The lowest BCUT2D eigenvalue weighted by Crippen LogP contribution is -2.57. The standard InChI is InChI=1S/C16H24N2O2/c1-12-9-13(2)15-14(10-12)20-6-3-16(15,11-17)18-4-7-19-8-5-18/h9-10H,3-8,11,17H2,1-2H3. The molecule has 1 atom stereocenters. The monoisotopic (exact) mass is 276 g/mol. The Bertz CT molecular complexity index is 497. The zero-order valence-electron chi connectivity index (χ0n) is 12.4. The normalized spacial score (nSPS) is 26.9. The third-order valence-electron chi connectivity index (χ3n) is 4.64. The van der Waals surface area contributed by atoms with Crippen LogP contribution in [0.15, 0.2) is 12.1 Å². The smallest absolute Gasteiger partial charge is 0.124 e. The van der Waals surface area contributed by atoms with E-state index in [2.05, 4.69) is 30.9 Å². The van der Waals surface area contributed by atoms with E-state index < -0.39 is 0 Å². The van der Waals surface area contributed by atoms with Crippen molar-refractivity contribution >= 4 is 0 Å². The Morgan fingerprint density at radius 2 is 1.95 bits per heavy atom. The molecule has 0 aromatic heterocycles. The summed E-state index contributed by atoms with van der Waals surface area (Å²) < 4.78 is 11.4. The maximum atomic E-state index is 6.25. The van der Waals surface area contributed by atoms with Gasteiger partial charge in [-0.15, -0.1) is 0 Å². The molecule has 0 radical (unpaired) electrons. The fourth-order valence-corrected chi connectivity index (χ4v) is 3.73. The van der Waals surface area contributed by atoms with Crippen LogP contribution >= 0.6 is 0 Å². The number of benzene rings is 1. The molecule has 0 spiro atoms. The van der Waals surface area contributed by atoms with Crippen molar-refractivity contribution in [2.24, 2.45) is 5.73 Å². The van der Waals surface area contributed by atoms with E-state index in [1.54, 1.807) is 0 Å². The van der Waals surface area contributed by atoms with Gasteiger partial charge in [-0.2, -0.15) is 0 Å². The molecule has 20 heavy (non-hydrogen) atoms. The Hall–Kier alpha value is -1.10. The fourth-order valence-electron chi connectivity index (χ4n) is 3.73. The molecule has 0 saturated carbocycles. The molecule has 0 aliphatic carbocycles. The Morgan fingerprint density at radius 3 is 2.65 bits per heavy atom. The number of hydrogen-bond acceptors (Lipinski definition) is 4. The van der Waals surface area contributed by atoms with Gasteiger partial charge in [0, 0.05) is 31.6 Å². The summed E-state index contributed by atoms with van der Waals surface area (Å²) in [5.74, 6) is 1.02. The lowest BCUT2D eigenvalue weighted by Gasteiger charge is -2.48. The third-order valence-corrected chi connectivity index (χ3v) is 4.64. The van der Waals surface area contributed by atoms with Crippen molar-refractivity contribution in [3.05, 3.63) is 28.8 Å². The summed E-state index contributed by atoms with van der Waals surface area (Å²) in [5, 5.41) is 0. The van der Waals surface area contributed by atoms with E-state index in [9.17, 15) is 0 Å². The zero-order chi connectivity index (χ0) is 14.2. The summed E-state index contributed by atoms with van der Waals surface area (Å²) in [6, 6.07) is 4.38. The second-order valence-electron chi connectivity index (χ2n) is 5.89. The predicted octanol–water partition coefficient (Wildman–Crippen LogP) is 1.57. The van der Waals surface area contributed by atoms with Crippen LogP contribution < -0.4 is 10.5 Å². The maximum Gasteiger partial charge on any atom is 0.124 e. The van der Waals surface area contributed by atoms with Gasteiger partial charge in [-0.25, -0.2) is 0 Å². The molecule has 2 N–H and O–H groups in total. The topological polar surface area (TPSA) is 47.7 Å². The van der Waals surface area contributed by atoms with E-state index in [1.807, 2.05) is 0 Å². The molecule has 110 valence electrons. The molecule has 2 aliphatic rings. The van der Waals surface area contributed by atoms with Gasteiger partial charge in [0.15, 0.2) is 0 Å². The Morgan fingerprint density at radius 1 is 1.20 bits per heavy atom. The quantitative estimate of drug-likeness (QED) is 0.891. The van der Waals surface area contributed by atoms with E-state index in [-0.39, 0.29) is 5.54 Å². The summed E-state index contributed by atoms with van der Waals surface area (Å²) >= 11 is 0. The number of ether oxygens (including phenoxy) is 2. The van der Waals surface area contributed by atoms with Crippen LogP contribution in [0.2, 0.25) is 0 Å². The first-order chi connectivity index (χ1) is 9.67. The second kappa shape index (κ2) is 5.35. The lowest BCUT2D eigenvalue weighted by atomic mass is 9.79. The molecule has 1 fully saturated rings. The number of nitrogens with zero attached hydrogens (tertiary/aromatic N) is 1. The summed E-state index contributed by atoms with van der Waals surface area (Å²) in [5.41, 5.74) is 9.99. The fraction of sp³-hybridized carbons (Fsp3) is 0.625. The summed E-state index contributed by atoms with van der Waals surface area (Å²) in [4.78, 5) is 2.50. The van der Waals surface area contributed by atoms with Gasteiger partial charge in [0.2, 0.25) is 0 Å². The minimum absolute atomic E-state index is 0.0881. The van der Waals surface area contributed by atoms with Gasteiger partial charge in [0.25, 0.3) is 0 Å². The third kappa shape index (κ3) is 2.12. The van der Waals surface area contributed by atoms with Crippen LogP contribution in [0.1, 0.15) is 23.1 Å². The van der Waals surface area contributed by atoms with Gasteiger partial charge in [-0.3, -0.25) is 4.90 Å². The highest BCUT2D eigenvalue weighted by molar-refractivity contribution is 5.49. The molecule has 1 aromatic rings. The molecular weight excluding hydrogens is 252 g/mol. The first-order valence-electron chi connectivity index (χ1n) is 7.45. The van der Waals surface area contributed by atoms with E-state index >= 15 is 0 Å². The van der Waals surface area contributed by atoms with Crippen LogP contribution in [0.3, 0.4) is 0 Å². The van der Waals surface area contributed by atoms with Crippen molar-refractivity contribution in [1.29, 1.82) is 0 Å². The lowest BCUT2D eigenvalue weighted by molar-refractivity contribution is -0.0368. The SMILES string of the molecule is Cc1cc(C)c2c(c1)OCCC2(CN)N1CCOCC1. The summed E-state index contributed by atoms with van der Waals surface area (Å²) in [7, 11) is 0. The molecule has 1 unspecified atom stereocenters. The first kappa shape index (κ1) is 13.9. The van der Waals surface area contributed by atoms with Crippen molar-refractivity contribution in [2.45, 2.75) is 25.8 Å². The van der Waals surface area contributed by atoms with Gasteiger partial charge in [0.05, 0.1) is 25.4 Å². The number of hydrogen-bond donors (Lipinski definition) is 1. The Labute approximate surface area is 120 Å². The molecule has 4 heteroatoms. The molecule has 2 aliphatic heterocycles. The van der Waals surface area contributed by atoms with Gasteiger partial charge in [0.1, 0.15) is 5.75 Å². The van der Waals surface area contributed by atoms with Gasteiger partial charge >= 0.3 is 0 Å². The van der Waals surface area contributed by atoms with Crippen LogP contribution in [0.4, 0.5) is 0 Å². The zero-order valence-corrected chi connectivity index (χ0v) is 12.4. The Kier molecular flexibility index (Phi) is 3.71. The minimum atomic E-state index is -0.0881. The number of rotatable bonds is 2. The number of aryl methyl sites for hydroxylation is 2. The van der Waals surface area contributed by atoms with E-state index in [4.69, 9.17) is 15.2 Å². The largest absolute Gasteiger partial charge is 0.493 e. The number of fused-ring (bicyclic) bond motifs is 1. The van der Waals surface area contributed by atoms with Gasteiger partial charge < -0.3 is 15.2 Å². The summed E-state index contributed by atoms with van der Waals surface area (Å²) in [6.07, 6.45) is 0.959. The number of nitrogens with two attached hydrogens (primary N) is 1. The molecule has 4 nitrogen and oxygen atoms in total. The highest BCUT2D eigenvalue weighted by Crippen LogP contribution is 2.43. The molecule has 3 rings (SSSR count). The van der Waals surface area contributed by atoms with E-state index in [1.165, 1.54) is 16.7 Å². The van der Waals surface area contributed by atoms with Gasteiger partial charge in [-0.05, 0) is 31.0 Å². The van der Waals surface area contributed by atoms with Crippen LogP contribution in [-0.4, -0.2) is 44.4 Å². The van der Waals surface area contributed by atoms with Gasteiger partial charge in [-0.1, -0.05) is 6.07 Å². The molecule has 0 bridgehead atoms. The molecule has 0 amide bonds. The molecule has 2 heterocycles. The van der Waals surface area contributed by atoms with Crippen LogP contribution in [0.25, 0.3) is 0 Å². The predicted molar refractivity (Wildman–Crippen MR) is 79.2 cm³/mol.